The van der Waals surface area contributed by atoms with Gasteiger partial charge in [-0.15, -0.1) is 0 Å². The average Bonchev–Trinajstić information content (AvgIpc) is 2.46. The van der Waals surface area contributed by atoms with Gasteiger partial charge in [-0.2, -0.15) is 0 Å². The molecule has 1 aliphatic rings. The van der Waals surface area contributed by atoms with E-state index in [9.17, 15) is 0 Å². The molecule has 3 heteroatoms. The van der Waals surface area contributed by atoms with E-state index in [-0.39, 0.29) is 6.04 Å². The van der Waals surface area contributed by atoms with Gasteiger partial charge in [-0.05, 0) is 49.9 Å². The monoisotopic (exact) mass is 247 g/mol. The van der Waals surface area contributed by atoms with Gasteiger partial charge in [0.05, 0.1) is 0 Å². The van der Waals surface area contributed by atoms with Gasteiger partial charge in [-0.1, -0.05) is 6.92 Å². The van der Waals surface area contributed by atoms with Gasteiger partial charge in [-0.3, -0.25) is 0 Å². The summed E-state index contributed by atoms with van der Waals surface area (Å²) in [6.07, 6.45) is 5.04. The molecule has 0 radical (unpaired) electrons. The Kier molecular flexibility index (Phi) is 4.88. The molecule has 18 heavy (non-hydrogen) atoms. The van der Waals surface area contributed by atoms with Crippen molar-refractivity contribution in [2.24, 2.45) is 5.73 Å². The zero-order valence-electron chi connectivity index (χ0n) is 11.4. The second-order valence-electron chi connectivity index (χ2n) is 5.14. The average molecular weight is 247 g/mol. The van der Waals surface area contributed by atoms with Crippen molar-refractivity contribution in [3.05, 3.63) is 24.3 Å². The SMILES string of the molecule is CC[C@@H](N)CNc1ccc(N2CCCCC2)cc1. The van der Waals surface area contributed by atoms with Gasteiger partial charge in [0.1, 0.15) is 0 Å². The quantitative estimate of drug-likeness (QED) is 0.840. The molecule has 0 saturated carbocycles. The van der Waals surface area contributed by atoms with Crippen molar-refractivity contribution in [2.75, 3.05) is 29.9 Å². The molecule has 2 rings (SSSR count). The first-order valence-electron chi connectivity index (χ1n) is 7.14. The van der Waals surface area contributed by atoms with Gasteiger partial charge in [0.15, 0.2) is 0 Å². The lowest BCUT2D eigenvalue weighted by Crippen LogP contribution is -2.29. The highest BCUT2D eigenvalue weighted by Crippen LogP contribution is 2.21. The van der Waals surface area contributed by atoms with Crippen LogP contribution in [0.4, 0.5) is 11.4 Å². The molecule has 1 aromatic rings. The van der Waals surface area contributed by atoms with Crippen LogP contribution in [-0.2, 0) is 0 Å². The third kappa shape index (κ3) is 3.64. The van der Waals surface area contributed by atoms with Crippen molar-refractivity contribution in [1.82, 2.24) is 0 Å². The third-order valence-electron chi connectivity index (χ3n) is 3.68. The molecule has 0 aliphatic carbocycles. The number of benzene rings is 1. The minimum absolute atomic E-state index is 0.242. The summed E-state index contributed by atoms with van der Waals surface area (Å²) in [6.45, 7) is 5.37. The standard InChI is InChI=1S/C15H25N3/c1-2-13(16)12-17-14-6-8-15(9-7-14)18-10-4-3-5-11-18/h6-9,13,17H,2-5,10-12,16H2,1H3/t13-/m1/s1. The molecule has 0 spiro atoms. The summed E-state index contributed by atoms with van der Waals surface area (Å²) in [7, 11) is 0. The lowest BCUT2D eigenvalue weighted by Gasteiger charge is -2.29. The van der Waals surface area contributed by atoms with Crippen LogP contribution in [0.25, 0.3) is 0 Å². The Morgan fingerprint density at radius 3 is 2.44 bits per heavy atom. The van der Waals surface area contributed by atoms with Crippen molar-refractivity contribution in [2.45, 2.75) is 38.6 Å². The molecule has 0 amide bonds. The van der Waals surface area contributed by atoms with E-state index in [1.54, 1.807) is 0 Å². The summed E-state index contributed by atoms with van der Waals surface area (Å²) < 4.78 is 0. The Hall–Kier alpha value is -1.22. The van der Waals surface area contributed by atoms with Crippen LogP contribution in [0.15, 0.2) is 24.3 Å². The van der Waals surface area contributed by atoms with E-state index < -0.39 is 0 Å². The molecule has 3 N–H and O–H groups in total. The zero-order chi connectivity index (χ0) is 12.8. The Morgan fingerprint density at radius 1 is 1.17 bits per heavy atom. The molecule has 3 nitrogen and oxygen atoms in total. The van der Waals surface area contributed by atoms with Crippen molar-refractivity contribution in [1.29, 1.82) is 0 Å². The van der Waals surface area contributed by atoms with E-state index in [2.05, 4.69) is 41.4 Å². The largest absolute Gasteiger partial charge is 0.383 e. The second-order valence-corrected chi connectivity index (χ2v) is 5.14. The summed E-state index contributed by atoms with van der Waals surface area (Å²) in [4.78, 5) is 2.48. The van der Waals surface area contributed by atoms with Crippen molar-refractivity contribution in [3.8, 4) is 0 Å². The van der Waals surface area contributed by atoms with Crippen LogP contribution in [0.5, 0.6) is 0 Å². The number of rotatable bonds is 5. The third-order valence-corrected chi connectivity index (χ3v) is 3.68. The van der Waals surface area contributed by atoms with Crippen molar-refractivity contribution in [3.63, 3.8) is 0 Å². The molecule has 0 aromatic heterocycles. The van der Waals surface area contributed by atoms with Crippen LogP contribution >= 0.6 is 0 Å². The molecule has 1 saturated heterocycles. The summed E-state index contributed by atoms with van der Waals surface area (Å²) >= 11 is 0. The summed E-state index contributed by atoms with van der Waals surface area (Å²) in [5.41, 5.74) is 8.41. The molecule has 0 bridgehead atoms. The smallest absolute Gasteiger partial charge is 0.0367 e. The van der Waals surface area contributed by atoms with Crippen LogP contribution in [-0.4, -0.2) is 25.7 Å². The predicted octanol–water partition coefficient (Wildman–Crippen LogP) is 2.83. The number of nitrogens with zero attached hydrogens (tertiary/aromatic N) is 1. The van der Waals surface area contributed by atoms with Crippen LogP contribution in [0.2, 0.25) is 0 Å². The minimum atomic E-state index is 0.242. The Morgan fingerprint density at radius 2 is 1.83 bits per heavy atom. The van der Waals surface area contributed by atoms with Gasteiger partial charge >= 0.3 is 0 Å². The first kappa shape index (κ1) is 13.2. The molecule has 1 aliphatic heterocycles. The van der Waals surface area contributed by atoms with Crippen LogP contribution in [0.1, 0.15) is 32.6 Å². The number of anilines is 2. The first-order chi connectivity index (χ1) is 8.79. The lowest BCUT2D eigenvalue weighted by molar-refractivity contribution is 0.578. The molecule has 100 valence electrons. The highest BCUT2D eigenvalue weighted by molar-refractivity contribution is 5.55. The molecule has 1 fully saturated rings. The highest BCUT2D eigenvalue weighted by Gasteiger charge is 2.10. The molecule has 1 atom stereocenters. The van der Waals surface area contributed by atoms with E-state index in [0.29, 0.717) is 0 Å². The molecular weight excluding hydrogens is 222 g/mol. The van der Waals surface area contributed by atoms with Gasteiger partial charge < -0.3 is 16.0 Å². The maximum Gasteiger partial charge on any atom is 0.0367 e. The topological polar surface area (TPSA) is 41.3 Å². The number of piperidine rings is 1. The van der Waals surface area contributed by atoms with Crippen LogP contribution in [0, 0.1) is 0 Å². The molecular formula is C15H25N3. The Balaban J connectivity index is 1.88. The second kappa shape index (κ2) is 6.64. The minimum Gasteiger partial charge on any atom is -0.383 e. The molecule has 1 aromatic carbocycles. The van der Waals surface area contributed by atoms with Gasteiger partial charge in [0.2, 0.25) is 0 Å². The predicted molar refractivity (Wildman–Crippen MR) is 79.3 cm³/mol. The van der Waals surface area contributed by atoms with Crippen LogP contribution in [0.3, 0.4) is 0 Å². The summed E-state index contributed by atoms with van der Waals surface area (Å²) in [6, 6.07) is 8.99. The first-order valence-corrected chi connectivity index (χ1v) is 7.14. The van der Waals surface area contributed by atoms with E-state index in [0.717, 1.165) is 13.0 Å². The highest BCUT2D eigenvalue weighted by atomic mass is 15.1. The number of hydrogen-bond donors (Lipinski definition) is 2. The summed E-state index contributed by atoms with van der Waals surface area (Å²) in [5, 5.41) is 3.38. The lowest BCUT2D eigenvalue weighted by atomic mass is 10.1. The summed E-state index contributed by atoms with van der Waals surface area (Å²) in [5.74, 6) is 0. The maximum absolute atomic E-state index is 5.90. The molecule has 1 heterocycles. The number of nitrogens with one attached hydrogen (secondary N) is 1. The van der Waals surface area contributed by atoms with E-state index in [4.69, 9.17) is 5.73 Å². The zero-order valence-corrected chi connectivity index (χ0v) is 11.4. The fraction of sp³-hybridized carbons (Fsp3) is 0.600. The molecule has 0 unspecified atom stereocenters. The van der Waals surface area contributed by atoms with Crippen molar-refractivity contribution < 1.29 is 0 Å². The Bertz CT molecular complexity index is 341. The van der Waals surface area contributed by atoms with Crippen molar-refractivity contribution >= 4 is 11.4 Å². The number of hydrogen-bond acceptors (Lipinski definition) is 3. The maximum atomic E-state index is 5.90. The van der Waals surface area contributed by atoms with Crippen LogP contribution < -0.4 is 16.0 Å². The van der Waals surface area contributed by atoms with Gasteiger partial charge in [0, 0.05) is 37.1 Å². The Labute approximate surface area is 110 Å². The van der Waals surface area contributed by atoms with Gasteiger partial charge in [-0.25, -0.2) is 0 Å². The van der Waals surface area contributed by atoms with E-state index >= 15 is 0 Å². The van der Waals surface area contributed by atoms with Gasteiger partial charge in [0.25, 0.3) is 0 Å². The number of nitrogens with two attached hydrogens (primary N) is 1. The fourth-order valence-electron chi connectivity index (χ4n) is 2.34. The van der Waals surface area contributed by atoms with E-state index in [1.165, 1.54) is 43.7 Å². The fourth-order valence-corrected chi connectivity index (χ4v) is 2.34. The van der Waals surface area contributed by atoms with E-state index in [1.807, 2.05) is 0 Å². The normalized spacial score (nSPS) is 17.6.